The molecule has 0 spiro atoms. The number of nitrogens with two attached hydrogens (primary N) is 1. The van der Waals surface area contributed by atoms with Crippen molar-refractivity contribution in [3.05, 3.63) is 29.3 Å². The summed E-state index contributed by atoms with van der Waals surface area (Å²) in [5.41, 5.74) is 4.74. The van der Waals surface area contributed by atoms with Crippen LogP contribution in [0.15, 0.2) is 18.2 Å². The van der Waals surface area contributed by atoms with Crippen molar-refractivity contribution in [2.45, 2.75) is 18.6 Å². The first-order valence-electron chi connectivity index (χ1n) is 5.01. The van der Waals surface area contributed by atoms with Gasteiger partial charge in [-0.1, -0.05) is 6.07 Å². The predicted molar refractivity (Wildman–Crippen MR) is 56.6 cm³/mol. The minimum atomic E-state index is -4.49. The van der Waals surface area contributed by atoms with E-state index in [1.807, 2.05) is 0 Å². The SMILES string of the molecule is COc1ccc([C@H](N)CCO)c(C(F)(F)F)c1. The zero-order chi connectivity index (χ0) is 13.1. The summed E-state index contributed by atoms with van der Waals surface area (Å²) in [6, 6.07) is 2.76. The number of rotatable bonds is 4. The van der Waals surface area contributed by atoms with E-state index in [0.29, 0.717) is 0 Å². The quantitative estimate of drug-likeness (QED) is 0.859. The third kappa shape index (κ3) is 3.34. The Morgan fingerprint density at radius 2 is 2.06 bits per heavy atom. The lowest BCUT2D eigenvalue weighted by Crippen LogP contribution is -2.18. The standard InChI is InChI=1S/C11H14F3NO2/c1-17-7-2-3-8(10(15)4-5-16)9(6-7)11(12,13)14/h2-3,6,10,16H,4-5,15H2,1H3/t10-/m1/s1. The van der Waals surface area contributed by atoms with Crippen LogP contribution in [0.25, 0.3) is 0 Å². The lowest BCUT2D eigenvalue weighted by atomic mass is 9.98. The van der Waals surface area contributed by atoms with E-state index in [2.05, 4.69) is 0 Å². The molecule has 1 rings (SSSR count). The Bertz CT molecular complexity index is 379. The number of halogens is 3. The van der Waals surface area contributed by atoms with E-state index in [-0.39, 0.29) is 24.3 Å². The minimum absolute atomic E-state index is 0.0349. The summed E-state index contributed by atoms with van der Waals surface area (Å²) in [6.07, 6.45) is -4.41. The number of alkyl halides is 3. The average Bonchev–Trinajstić information content (AvgIpc) is 2.27. The molecule has 0 aliphatic carbocycles. The second kappa shape index (κ2) is 5.37. The molecule has 1 aromatic carbocycles. The molecule has 0 heterocycles. The molecule has 96 valence electrons. The van der Waals surface area contributed by atoms with Crippen molar-refractivity contribution in [1.29, 1.82) is 0 Å². The number of hydrogen-bond donors (Lipinski definition) is 2. The Labute approximate surface area is 97.0 Å². The maximum absolute atomic E-state index is 12.8. The molecular weight excluding hydrogens is 235 g/mol. The fraction of sp³-hybridized carbons (Fsp3) is 0.455. The normalized spacial score (nSPS) is 13.5. The van der Waals surface area contributed by atoms with E-state index in [1.54, 1.807) is 0 Å². The van der Waals surface area contributed by atoms with Crippen molar-refractivity contribution >= 4 is 0 Å². The second-order valence-corrected chi connectivity index (χ2v) is 3.57. The molecule has 17 heavy (non-hydrogen) atoms. The number of aliphatic hydroxyl groups excluding tert-OH is 1. The summed E-state index contributed by atoms with van der Waals surface area (Å²) in [5, 5.41) is 8.71. The van der Waals surface area contributed by atoms with Gasteiger partial charge in [-0.15, -0.1) is 0 Å². The molecule has 0 saturated heterocycles. The smallest absolute Gasteiger partial charge is 0.416 e. The van der Waals surface area contributed by atoms with E-state index in [9.17, 15) is 13.2 Å². The molecule has 0 aliphatic heterocycles. The number of methoxy groups -OCH3 is 1. The van der Waals surface area contributed by atoms with Crippen LogP contribution in [-0.4, -0.2) is 18.8 Å². The summed E-state index contributed by atoms with van der Waals surface area (Å²) in [5.74, 6) is 0.122. The van der Waals surface area contributed by atoms with Gasteiger partial charge in [-0.05, 0) is 24.1 Å². The van der Waals surface area contributed by atoms with Crippen LogP contribution in [0.5, 0.6) is 5.75 Å². The van der Waals surface area contributed by atoms with Gasteiger partial charge in [0.15, 0.2) is 0 Å². The first-order valence-corrected chi connectivity index (χ1v) is 5.01. The summed E-state index contributed by atoms with van der Waals surface area (Å²) >= 11 is 0. The Kier molecular flexibility index (Phi) is 4.36. The number of aliphatic hydroxyl groups is 1. The topological polar surface area (TPSA) is 55.5 Å². The number of ether oxygens (including phenoxy) is 1. The molecule has 1 atom stereocenters. The minimum Gasteiger partial charge on any atom is -0.497 e. The predicted octanol–water partition coefficient (Wildman–Crippen LogP) is 2.10. The van der Waals surface area contributed by atoms with Crippen molar-refractivity contribution in [3.8, 4) is 5.75 Å². The van der Waals surface area contributed by atoms with Gasteiger partial charge in [-0.2, -0.15) is 13.2 Å². The fourth-order valence-electron chi connectivity index (χ4n) is 1.53. The van der Waals surface area contributed by atoms with Crippen LogP contribution in [0.1, 0.15) is 23.6 Å². The van der Waals surface area contributed by atoms with Gasteiger partial charge in [-0.3, -0.25) is 0 Å². The van der Waals surface area contributed by atoms with Crippen LogP contribution in [0, 0.1) is 0 Å². The van der Waals surface area contributed by atoms with Crippen LogP contribution in [0.2, 0.25) is 0 Å². The van der Waals surface area contributed by atoms with E-state index in [1.165, 1.54) is 19.2 Å². The van der Waals surface area contributed by atoms with Crippen LogP contribution >= 0.6 is 0 Å². The molecule has 0 radical (unpaired) electrons. The highest BCUT2D eigenvalue weighted by Crippen LogP contribution is 2.36. The highest BCUT2D eigenvalue weighted by molar-refractivity contribution is 5.39. The van der Waals surface area contributed by atoms with Gasteiger partial charge in [0.05, 0.1) is 12.7 Å². The molecule has 0 aliphatic rings. The maximum atomic E-state index is 12.8. The lowest BCUT2D eigenvalue weighted by Gasteiger charge is -2.18. The Morgan fingerprint density at radius 1 is 1.41 bits per heavy atom. The largest absolute Gasteiger partial charge is 0.497 e. The molecule has 0 saturated carbocycles. The average molecular weight is 249 g/mol. The summed E-state index contributed by atoms with van der Waals surface area (Å²) in [7, 11) is 1.29. The zero-order valence-electron chi connectivity index (χ0n) is 9.29. The third-order valence-electron chi connectivity index (χ3n) is 2.41. The molecule has 0 amide bonds. The Balaban J connectivity index is 3.20. The van der Waals surface area contributed by atoms with Crippen LogP contribution in [0.3, 0.4) is 0 Å². The number of benzene rings is 1. The van der Waals surface area contributed by atoms with Gasteiger partial charge in [0.1, 0.15) is 5.75 Å². The van der Waals surface area contributed by atoms with E-state index in [0.717, 1.165) is 6.07 Å². The summed E-state index contributed by atoms with van der Waals surface area (Å²) in [4.78, 5) is 0. The molecular formula is C11H14F3NO2. The molecule has 0 unspecified atom stereocenters. The zero-order valence-corrected chi connectivity index (χ0v) is 9.29. The highest BCUT2D eigenvalue weighted by Gasteiger charge is 2.35. The summed E-state index contributed by atoms with van der Waals surface area (Å²) in [6.45, 7) is -0.259. The Morgan fingerprint density at radius 3 is 2.53 bits per heavy atom. The van der Waals surface area contributed by atoms with Gasteiger partial charge in [0.25, 0.3) is 0 Å². The maximum Gasteiger partial charge on any atom is 0.416 e. The van der Waals surface area contributed by atoms with Gasteiger partial charge >= 0.3 is 6.18 Å². The monoisotopic (exact) mass is 249 g/mol. The molecule has 6 heteroatoms. The van der Waals surface area contributed by atoms with E-state index in [4.69, 9.17) is 15.6 Å². The Hall–Kier alpha value is -1.27. The van der Waals surface area contributed by atoms with Crippen LogP contribution in [0.4, 0.5) is 13.2 Å². The van der Waals surface area contributed by atoms with Gasteiger partial charge in [-0.25, -0.2) is 0 Å². The first kappa shape index (κ1) is 13.8. The van der Waals surface area contributed by atoms with Gasteiger partial charge in [0.2, 0.25) is 0 Å². The number of hydrogen-bond acceptors (Lipinski definition) is 3. The van der Waals surface area contributed by atoms with Crippen molar-refractivity contribution in [2.24, 2.45) is 5.73 Å². The van der Waals surface area contributed by atoms with Crippen molar-refractivity contribution in [3.63, 3.8) is 0 Å². The molecule has 0 fully saturated rings. The molecule has 0 aromatic heterocycles. The second-order valence-electron chi connectivity index (χ2n) is 3.57. The lowest BCUT2D eigenvalue weighted by molar-refractivity contribution is -0.138. The van der Waals surface area contributed by atoms with Crippen molar-refractivity contribution < 1.29 is 23.0 Å². The fourth-order valence-corrected chi connectivity index (χ4v) is 1.53. The van der Waals surface area contributed by atoms with Gasteiger partial charge in [0, 0.05) is 12.6 Å². The first-order chi connectivity index (χ1) is 7.90. The summed E-state index contributed by atoms with van der Waals surface area (Å²) < 4.78 is 43.1. The van der Waals surface area contributed by atoms with E-state index < -0.39 is 17.8 Å². The van der Waals surface area contributed by atoms with Crippen LogP contribution in [-0.2, 0) is 6.18 Å². The van der Waals surface area contributed by atoms with Gasteiger partial charge < -0.3 is 15.6 Å². The third-order valence-corrected chi connectivity index (χ3v) is 2.41. The molecule has 3 nitrogen and oxygen atoms in total. The van der Waals surface area contributed by atoms with E-state index >= 15 is 0 Å². The highest BCUT2D eigenvalue weighted by atomic mass is 19.4. The molecule has 3 N–H and O–H groups in total. The molecule has 1 aromatic rings. The molecule has 0 bridgehead atoms. The van der Waals surface area contributed by atoms with Crippen LogP contribution < -0.4 is 10.5 Å². The van der Waals surface area contributed by atoms with Crippen molar-refractivity contribution in [2.75, 3.05) is 13.7 Å². The van der Waals surface area contributed by atoms with Crippen molar-refractivity contribution in [1.82, 2.24) is 0 Å².